The minimum absolute atomic E-state index is 0.180. The molecule has 2 heterocycles. The number of amides is 1. The number of hydrogen-bond donors (Lipinski definition) is 1. The number of rotatable bonds is 5. The number of carbonyl (C=O) groups excluding carboxylic acids is 1. The van der Waals surface area contributed by atoms with E-state index in [0.717, 1.165) is 47.6 Å². The van der Waals surface area contributed by atoms with Crippen LogP contribution in [0.5, 0.6) is 5.75 Å². The largest absolute Gasteiger partial charge is 0.497 e. The third-order valence-corrected chi connectivity index (χ3v) is 6.68. The first-order valence-electron chi connectivity index (χ1n) is 9.95. The van der Waals surface area contributed by atoms with Gasteiger partial charge in [-0.2, -0.15) is 5.10 Å². The van der Waals surface area contributed by atoms with Crippen molar-refractivity contribution in [2.75, 3.05) is 7.11 Å². The van der Waals surface area contributed by atoms with Crippen LogP contribution in [0.3, 0.4) is 0 Å². The smallest absolute Gasteiger partial charge is 0.281 e. The number of carbonyl (C=O) groups is 1. The number of hydrazone groups is 1. The number of hydrogen-bond acceptors (Lipinski definition) is 6. The van der Waals surface area contributed by atoms with Crippen molar-refractivity contribution >= 4 is 28.7 Å². The highest BCUT2D eigenvalue weighted by molar-refractivity contribution is 7.12. The lowest BCUT2D eigenvalue weighted by atomic mass is 9.75. The monoisotopic (exact) mass is 423 g/mol. The molecule has 4 rings (SSSR count). The fourth-order valence-corrected chi connectivity index (χ4v) is 4.42. The molecule has 7 heteroatoms. The summed E-state index contributed by atoms with van der Waals surface area (Å²) in [6.45, 7) is 4.14. The predicted octanol–water partition coefficient (Wildman–Crippen LogP) is 4.78. The molecule has 1 aliphatic heterocycles. The van der Waals surface area contributed by atoms with Crippen LogP contribution in [-0.4, -0.2) is 30.0 Å². The highest BCUT2D eigenvalue weighted by Gasteiger charge is 2.43. The SMILES string of the molecule is COc1ccc(C2=NOC(C)([C@H]3CC=C(C)/C(=N\NC(=O)c4cccs4)C3)C2)cc1. The van der Waals surface area contributed by atoms with E-state index in [2.05, 4.69) is 28.7 Å². The standard InChI is InChI=1S/C23H25N3O3S/c1-15-6-9-17(13-19(15)24-25-22(27)21-5-4-12-30-21)23(2)14-20(26-29-23)16-7-10-18(28-3)11-8-16/h4-8,10-12,17H,9,13-14H2,1-3H3,(H,25,27)/b24-19-/t17-,23?/m0/s1. The first kappa shape index (κ1) is 20.3. The minimum Gasteiger partial charge on any atom is -0.497 e. The molecular formula is C23H25N3O3S. The van der Waals surface area contributed by atoms with Crippen LogP contribution < -0.4 is 10.2 Å². The van der Waals surface area contributed by atoms with Gasteiger partial charge >= 0.3 is 0 Å². The Labute approximate surface area is 180 Å². The van der Waals surface area contributed by atoms with E-state index in [1.807, 2.05) is 42.6 Å². The summed E-state index contributed by atoms with van der Waals surface area (Å²) in [6.07, 6.45) is 4.52. The summed E-state index contributed by atoms with van der Waals surface area (Å²) in [5.74, 6) is 0.860. The van der Waals surface area contributed by atoms with Gasteiger partial charge in [0.1, 0.15) is 11.4 Å². The molecule has 6 nitrogen and oxygen atoms in total. The molecule has 156 valence electrons. The molecule has 1 aromatic carbocycles. The summed E-state index contributed by atoms with van der Waals surface area (Å²) < 4.78 is 5.23. The molecule has 1 amide bonds. The van der Waals surface area contributed by atoms with Gasteiger partial charge in [-0.15, -0.1) is 11.3 Å². The van der Waals surface area contributed by atoms with Gasteiger partial charge in [0.25, 0.3) is 5.91 Å². The molecule has 1 aromatic heterocycles. The second kappa shape index (κ2) is 8.44. The Morgan fingerprint density at radius 3 is 2.83 bits per heavy atom. The van der Waals surface area contributed by atoms with E-state index in [4.69, 9.17) is 9.57 Å². The van der Waals surface area contributed by atoms with Crippen LogP contribution in [0.4, 0.5) is 0 Å². The lowest BCUT2D eigenvalue weighted by Crippen LogP contribution is -2.38. The van der Waals surface area contributed by atoms with Gasteiger partial charge in [-0.05, 0) is 73.5 Å². The van der Waals surface area contributed by atoms with Crippen molar-refractivity contribution < 1.29 is 14.4 Å². The molecule has 0 fully saturated rings. The number of methoxy groups -OCH3 is 1. The molecule has 1 aliphatic carbocycles. The Morgan fingerprint density at radius 2 is 2.13 bits per heavy atom. The predicted molar refractivity (Wildman–Crippen MR) is 119 cm³/mol. The summed E-state index contributed by atoms with van der Waals surface area (Å²) in [5.41, 5.74) is 6.24. The zero-order chi connectivity index (χ0) is 21.1. The quantitative estimate of drug-likeness (QED) is 0.704. The molecule has 2 aromatic rings. The zero-order valence-electron chi connectivity index (χ0n) is 17.3. The van der Waals surface area contributed by atoms with Crippen LogP contribution in [0.2, 0.25) is 0 Å². The summed E-state index contributed by atoms with van der Waals surface area (Å²) in [7, 11) is 1.66. The fourth-order valence-electron chi connectivity index (χ4n) is 3.81. The van der Waals surface area contributed by atoms with Crippen LogP contribution in [0, 0.1) is 5.92 Å². The van der Waals surface area contributed by atoms with Gasteiger partial charge in [0.05, 0.1) is 23.4 Å². The number of nitrogens with zero attached hydrogens (tertiary/aromatic N) is 2. The Morgan fingerprint density at radius 1 is 1.33 bits per heavy atom. The van der Waals surface area contributed by atoms with Crippen molar-refractivity contribution in [2.45, 2.75) is 38.7 Å². The lowest BCUT2D eigenvalue weighted by molar-refractivity contribution is -0.0470. The van der Waals surface area contributed by atoms with Gasteiger partial charge in [0.2, 0.25) is 0 Å². The number of nitrogens with one attached hydrogen (secondary N) is 1. The molecule has 0 saturated heterocycles. The van der Waals surface area contributed by atoms with Crippen molar-refractivity contribution in [1.29, 1.82) is 0 Å². The minimum atomic E-state index is -0.412. The van der Waals surface area contributed by atoms with Gasteiger partial charge in [-0.1, -0.05) is 17.3 Å². The van der Waals surface area contributed by atoms with E-state index in [0.29, 0.717) is 4.88 Å². The molecular weight excluding hydrogens is 398 g/mol. The van der Waals surface area contributed by atoms with Gasteiger partial charge in [0, 0.05) is 12.3 Å². The maximum Gasteiger partial charge on any atom is 0.281 e. The van der Waals surface area contributed by atoms with Crippen molar-refractivity contribution in [1.82, 2.24) is 5.43 Å². The second-order valence-corrected chi connectivity index (χ2v) is 8.80. The topological polar surface area (TPSA) is 72.3 Å². The van der Waals surface area contributed by atoms with E-state index in [-0.39, 0.29) is 11.8 Å². The van der Waals surface area contributed by atoms with Crippen molar-refractivity contribution in [3.63, 3.8) is 0 Å². The Hall–Kier alpha value is -2.93. The van der Waals surface area contributed by atoms with Crippen LogP contribution in [-0.2, 0) is 4.84 Å². The number of ether oxygens (including phenoxy) is 1. The number of benzene rings is 1. The normalized spacial score (nSPS) is 24.8. The Kier molecular flexibility index (Phi) is 5.72. The average Bonchev–Trinajstić information content (AvgIpc) is 3.44. The molecule has 0 bridgehead atoms. The number of allylic oxidation sites excluding steroid dienone is 2. The number of thiophene rings is 1. The van der Waals surface area contributed by atoms with Crippen LogP contribution >= 0.6 is 11.3 Å². The molecule has 0 radical (unpaired) electrons. The molecule has 30 heavy (non-hydrogen) atoms. The molecule has 0 spiro atoms. The highest BCUT2D eigenvalue weighted by Crippen LogP contribution is 2.40. The van der Waals surface area contributed by atoms with Crippen LogP contribution in [0.25, 0.3) is 0 Å². The lowest BCUT2D eigenvalue weighted by Gasteiger charge is -2.34. The van der Waals surface area contributed by atoms with Gasteiger partial charge in [-0.3, -0.25) is 4.79 Å². The first-order valence-corrected chi connectivity index (χ1v) is 10.8. The summed E-state index contributed by atoms with van der Waals surface area (Å²) in [6, 6.07) is 11.5. The molecule has 1 N–H and O–H groups in total. The van der Waals surface area contributed by atoms with E-state index < -0.39 is 5.60 Å². The molecule has 1 unspecified atom stereocenters. The van der Waals surface area contributed by atoms with Gasteiger partial charge < -0.3 is 9.57 Å². The van der Waals surface area contributed by atoms with Gasteiger partial charge in [-0.25, -0.2) is 5.43 Å². The Bertz CT molecular complexity index is 1010. The maximum atomic E-state index is 12.2. The fraction of sp³-hybridized carbons (Fsp3) is 0.348. The van der Waals surface area contributed by atoms with E-state index >= 15 is 0 Å². The van der Waals surface area contributed by atoms with E-state index in [9.17, 15) is 4.79 Å². The zero-order valence-corrected chi connectivity index (χ0v) is 18.2. The molecule has 2 aliphatic rings. The summed E-state index contributed by atoms with van der Waals surface area (Å²) >= 11 is 1.40. The number of oxime groups is 1. The van der Waals surface area contributed by atoms with Crippen molar-refractivity contribution in [3.8, 4) is 5.75 Å². The van der Waals surface area contributed by atoms with Crippen molar-refractivity contribution in [2.24, 2.45) is 16.2 Å². The van der Waals surface area contributed by atoms with E-state index in [1.54, 1.807) is 13.2 Å². The second-order valence-electron chi connectivity index (χ2n) is 7.85. The van der Waals surface area contributed by atoms with Crippen molar-refractivity contribution in [3.05, 3.63) is 63.9 Å². The first-order chi connectivity index (χ1) is 14.5. The Balaban J connectivity index is 1.44. The third-order valence-electron chi connectivity index (χ3n) is 5.81. The summed E-state index contributed by atoms with van der Waals surface area (Å²) in [4.78, 5) is 18.8. The van der Waals surface area contributed by atoms with Crippen LogP contribution in [0.15, 0.2) is 63.7 Å². The molecule has 2 atom stereocenters. The van der Waals surface area contributed by atoms with E-state index in [1.165, 1.54) is 11.3 Å². The summed E-state index contributed by atoms with van der Waals surface area (Å²) in [5, 5.41) is 10.7. The highest BCUT2D eigenvalue weighted by atomic mass is 32.1. The molecule has 0 saturated carbocycles. The van der Waals surface area contributed by atoms with Crippen LogP contribution in [0.1, 0.15) is 48.3 Å². The third kappa shape index (κ3) is 4.16. The maximum absolute atomic E-state index is 12.2. The average molecular weight is 424 g/mol. The van der Waals surface area contributed by atoms with Gasteiger partial charge in [0.15, 0.2) is 0 Å².